The molecule has 0 saturated carbocycles. The van der Waals surface area contributed by atoms with Crippen LogP contribution in [0, 0.1) is 5.41 Å². The zero-order valence-electron chi connectivity index (χ0n) is 14.0. The van der Waals surface area contributed by atoms with Gasteiger partial charge in [0.15, 0.2) is 0 Å². The van der Waals surface area contributed by atoms with Crippen molar-refractivity contribution in [3.05, 3.63) is 42.5 Å². The first kappa shape index (κ1) is 18.1. The number of piperidine rings is 1. The molecule has 1 aliphatic rings. The summed E-state index contributed by atoms with van der Waals surface area (Å²) in [5.41, 5.74) is 6.38. The number of likely N-dealkylation sites (tertiary alicyclic amines) is 1. The molecule has 0 aliphatic carbocycles. The van der Waals surface area contributed by atoms with Crippen molar-refractivity contribution in [2.24, 2.45) is 11.1 Å². The van der Waals surface area contributed by atoms with E-state index in [0.717, 1.165) is 38.4 Å². The van der Waals surface area contributed by atoms with Gasteiger partial charge >= 0.3 is 0 Å². The number of halogens is 1. The normalized spacial score (nSPS) is 20.9. The Kier molecular flexibility index (Phi) is 5.90. The van der Waals surface area contributed by atoms with E-state index in [1.54, 1.807) is 0 Å². The summed E-state index contributed by atoms with van der Waals surface area (Å²) in [6.07, 6.45) is 1.07. The quantitative estimate of drug-likeness (QED) is 0.926. The highest BCUT2D eigenvalue weighted by Crippen LogP contribution is 2.27. The first-order valence-corrected chi connectivity index (χ1v) is 8.14. The van der Waals surface area contributed by atoms with Crippen molar-refractivity contribution in [3.8, 4) is 5.75 Å². The maximum atomic E-state index is 6.19. The van der Waals surface area contributed by atoms with Crippen molar-refractivity contribution in [2.45, 2.75) is 26.3 Å². The van der Waals surface area contributed by atoms with Gasteiger partial charge in [0.25, 0.3) is 0 Å². The Labute approximate surface area is 145 Å². The van der Waals surface area contributed by atoms with Gasteiger partial charge in [0.1, 0.15) is 12.4 Å². The summed E-state index contributed by atoms with van der Waals surface area (Å²) in [4.78, 5) is 2.46. The van der Waals surface area contributed by atoms with E-state index in [2.05, 4.69) is 61.2 Å². The fourth-order valence-corrected chi connectivity index (χ4v) is 3.23. The molecule has 0 aromatic heterocycles. The van der Waals surface area contributed by atoms with Crippen LogP contribution in [0.3, 0.4) is 0 Å². The largest absolute Gasteiger partial charge is 0.492 e. The Morgan fingerprint density at radius 2 is 1.91 bits per heavy atom. The predicted molar refractivity (Wildman–Crippen MR) is 99.5 cm³/mol. The Hall–Kier alpha value is -1.29. The van der Waals surface area contributed by atoms with Gasteiger partial charge in [-0.2, -0.15) is 0 Å². The van der Waals surface area contributed by atoms with E-state index < -0.39 is 0 Å². The van der Waals surface area contributed by atoms with E-state index >= 15 is 0 Å². The van der Waals surface area contributed by atoms with E-state index in [1.807, 2.05) is 0 Å². The molecule has 0 bridgehead atoms. The van der Waals surface area contributed by atoms with E-state index in [-0.39, 0.29) is 17.8 Å². The molecule has 1 aliphatic heterocycles. The third kappa shape index (κ3) is 4.37. The fraction of sp³-hybridized carbons (Fsp3) is 0.474. The molecule has 1 fully saturated rings. The molecule has 0 amide bonds. The molecule has 2 aromatic rings. The fourth-order valence-electron chi connectivity index (χ4n) is 3.23. The van der Waals surface area contributed by atoms with Crippen molar-refractivity contribution < 1.29 is 4.74 Å². The Bertz CT molecular complexity index is 644. The van der Waals surface area contributed by atoms with Gasteiger partial charge in [0.2, 0.25) is 0 Å². The van der Waals surface area contributed by atoms with Gasteiger partial charge in [-0.15, -0.1) is 12.4 Å². The van der Waals surface area contributed by atoms with Crippen LogP contribution in [0.25, 0.3) is 10.8 Å². The molecule has 3 nitrogen and oxygen atoms in total. The summed E-state index contributed by atoms with van der Waals surface area (Å²) in [5.74, 6) is 0.951. The Morgan fingerprint density at radius 3 is 2.65 bits per heavy atom. The number of nitrogens with two attached hydrogens (primary N) is 1. The van der Waals surface area contributed by atoms with E-state index in [1.165, 1.54) is 10.8 Å². The van der Waals surface area contributed by atoms with Crippen molar-refractivity contribution in [2.75, 3.05) is 26.2 Å². The molecule has 2 aromatic carbocycles. The number of benzene rings is 2. The highest BCUT2D eigenvalue weighted by molar-refractivity contribution is 5.85. The SMILES string of the molecule is CC1(C)CN(CCOc2ccc3ccccc3c2)CCC1N.Cl. The molecule has 1 atom stereocenters. The van der Waals surface area contributed by atoms with Gasteiger partial charge in [-0.05, 0) is 41.3 Å². The summed E-state index contributed by atoms with van der Waals surface area (Å²) in [5, 5.41) is 2.48. The van der Waals surface area contributed by atoms with E-state index in [0.29, 0.717) is 6.04 Å². The maximum Gasteiger partial charge on any atom is 0.120 e. The van der Waals surface area contributed by atoms with E-state index in [4.69, 9.17) is 10.5 Å². The van der Waals surface area contributed by atoms with Crippen LogP contribution in [0.1, 0.15) is 20.3 Å². The van der Waals surface area contributed by atoms with Gasteiger partial charge < -0.3 is 10.5 Å². The van der Waals surface area contributed by atoms with Gasteiger partial charge in [-0.25, -0.2) is 0 Å². The van der Waals surface area contributed by atoms with Crippen LogP contribution in [0.2, 0.25) is 0 Å². The molecule has 2 N–H and O–H groups in total. The minimum atomic E-state index is 0. The number of ether oxygens (including phenoxy) is 1. The molecular formula is C19H27ClN2O. The zero-order chi connectivity index (χ0) is 15.6. The summed E-state index contributed by atoms with van der Waals surface area (Å²) < 4.78 is 5.94. The summed E-state index contributed by atoms with van der Waals surface area (Å²) >= 11 is 0. The number of nitrogens with zero attached hydrogens (tertiary/aromatic N) is 1. The molecule has 0 spiro atoms. The molecule has 3 rings (SSSR count). The molecule has 0 radical (unpaired) electrons. The average molecular weight is 335 g/mol. The van der Waals surface area contributed by atoms with Crippen LogP contribution in [-0.4, -0.2) is 37.2 Å². The van der Waals surface area contributed by atoms with Crippen LogP contribution < -0.4 is 10.5 Å². The van der Waals surface area contributed by atoms with Crippen LogP contribution in [-0.2, 0) is 0 Å². The van der Waals surface area contributed by atoms with Crippen LogP contribution in [0.4, 0.5) is 0 Å². The second-order valence-electron chi connectivity index (χ2n) is 7.02. The van der Waals surface area contributed by atoms with Gasteiger partial charge in [-0.1, -0.05) is 44.2 Å². The van der Waals surface area contributed by atoms with Crippen molar-refractivity contribution in [1.82, 2.24) is 4.90 Å². The van der Waals surface area contributed by atoms with Gasteiger partial charge in [0, 0.05) is 19.1 Å². The topological polar surface area (TPSA) is 38.5 Å². The van der Waals surface area contributed by atoms with Crippen LogP contribution in [0.5, 0.6) is 5.75 Å². The van der Waals surface area contributed by atoms with Gasteiger partial charge in [0.05, 0.1) is 0 Å². The van der Waals surface area contributed by atoms with Crippen molar-refractivity contribution in [1.29, 1.82) is 0 Å². The molecule has 1 saturated heterocycles. The lowest BCUT2D eigenvalue weighted by Gasteiger charge is -2.42. The second kappa shape index (κ2) is 7.52. The minimum Gasteiger partial charge on any atom is -0.492 e. The van der Waals surface area contributed by atoms with Crippen LogP contribution >= 0.6 is 12.4 Å². The Morgan fingerprint density at radius 1 is 1.17 bits per heavy atom. The zero-order valence-corrected chi connectivity index (χ0v) is 14.8. The highest BCUT2D eigenvalue weighted by atomic mass is 35.5. The molecule has 1 heterocycles. The second-order valence-corrected chi connectivity index (χ2v) is 7.02. The smallest absolute Gasteiger partial charge is 0.120 e. The lowest BCUT2D eigenvalue weighted by Crippen LogP contribution is -2.53. The van der Waals surface area contributed by atoms with Crippen molar-refractivity contribution in [3.63, 3.8) is 0 Å². The monoisotopic (exact) mass is 334 g/mol. The number of rotatable bonds is 4. The molecule has 126 valence electrons. The number of hydrogen-bond acceptors (Lipinski definition) is 3. The summed E-state index contributed by atoms with van der Waals surface area (Å²) in [6, 6.07) is 15.0. The average Bonchev–Trinajstić information content (AvgIpc) is 2.50. The highest BCUT2D eigenvalue weighted by Gasteiger charge is 2.32. The first-order chi connectivity index (χ1) is 10.5. The third-order valence-corrected chi connectivity index (χ3v) is 4.79. The minimum absolute atomic E-state index is 0. The Balaban J connectivity index is 0.00000192. The van der Waals surface area contributed by atoms with Gasteiger partial charge in [-0.3, -0.25) is 4.90 Å². The molecular weight excluding hydrogens is 308 g/mol. The summed E-state index contributed by atoms with van der Waals surface area (Å²) in [6.45, 7) is 8.33. The molecule has 4 heteroatoms. The van der Waals surface area contributed by atoms with Crippen molar-refractivity contribution >= 4 is 23.2 Å². The molecule has 1 unspecified atom stereocenters. The first-order valence-electron chi connectivity index (χ1n) is 8.14. The lowest BCUT2D eigenvalue weighted by molar-refractivity contribution is 0.0831. The van der Waals surface area contributed by atoms with Crippen LogP contribution in [0.15, 0.2) is 42.5 Å². The van der Waals surface area contributed by atoms with E-state index in [9.17, 15) is 0 Å². The maximum absolute atomic E-state index is 6.19. The standard InChI is InChI=1S/C19H26N2O.ClH/c1-19(2)14-21(10-9-18(19)20)11-12-22-17-8-7-15-5-3-4-6-16(15)13-17;/h3-8,13,18H,9-12,14,20H2,1-2H3;1H. The predicted octanol–water partition coefficient (Wildman–Crippen LogP) is 3.70. The number of hydrogen-bond donors (Lipinski definition) is 1. The summed E-state index contributed by atoms with van der Waals surface area (Å²) in [7, 11) is 0. The lowest BCUT2D eigenvalue weighted by atomic mass is 9.80. The third-order valence-electron chi connectivity index (χ3n) is 4.79. The molecule has 23 heavy (non-hydrogen) atoms. The number of fused-ring (bicyclic) bond motifs is 1.